The fourth-order valence-electron chi connectivity index (χ4n) is 0.396. The van der Waals surface area contributed by atoms with Crippen molar-refractivity contribution in [1.29, 1.82) is 0 Å². The van der Waals surface area contributed by atoms with E-state index < -0.39 is 10.5 Å². The molecule has 1 unspecified atom stereocenters. The molecule has 2 nitrogen and oxygen atoms in total. The molecule has 0 aromatic rings. The number of carbonyl (C=O) groups excluding carboxylic acids is 1. The number of esters is 1. The zero-order valence-corrected chi connectivity index (χ0v) is 8.07. The van der Waals surface area contributed by atoms with E-state index in [1.165, 1.54) is 6.92 Å². The van der Waals surface area contributed by atoms with Gasteiger partial charge in [0.05, 0.1) is 6.61 Å². The topological polar surface area (TPSA) is 26.3 Å². The number of hydrogen-bond donors (Lipinski definition) is 0. The summed E-state index contributed by atoms with van der Waals surface area (Å²) in [6.07, 6.45) is 0. The molecule has 64 valence electrons. The molecule has 0 saturated heterocycles. The van der Waals surface area contributed by atoms with Crippen LogP contribution >= 0.6 is 15.9 Å². The van der Waals surface area contributed by atoms with Crippen LogP contribution in [0.5, 0.6) is 0 Å². The van der Waals surface area contributed by atoms with Crippen LogP contribution in [0.1, 0.15) is 13.8 Å². The van der Waals surface area contributed by atoms with E-state index in [9.17, 15) is 9.18 Å². The van der Waals surface area contributed by atoms with E-state index in [0.717, 1.165) is 0 Å². The molecule has 11 heavy (non-hydrogen) atoms. The summed E-state index contributed by atoms with van der Waals surface area (Å²) in [6, 6.07) is 0. The van der Waals surface area contributed by atoms with E-state index in [-0.39, 0.29) is 12.2 Å². The van der Waals surface area contributed by atoms with Crippen LogP contribution in [0.15, 0.2) is 12.2 Å². The maximum Gasteiger partial charge on any atom is 0.359 e. The van der Waals surface area contributed by atoms with E-state index in [2.05, 4.69) is 27.2 Å². The Hall–Kier alpha value is -0.380. The lowest BCUT2D eigenvalue weighted by atomic mass is 10.2. The number of ether oxygens (including phenoxy) is 1. The molecule has 0 spiro atoms. The fourth-order valence-corrected chi connectivity index (χ4v) is 0.510. The lowest BCUT2D eigenvalue weighted by Gasteiger charge is -2.15. The zero-order chi connectivity index (χ0) is 9.07. The molecule has 0 aliphatic heterocycles. The van der Waals surface area contributed by atoms with Crippen molar-refractivity contribution >= 4 is 21.9 Å². The Morgan fingerprint density at radius 2 is 2.27 bits per heavy atom. The van der Waals surface area contributed by atoms with Gasteiger partial charge in [-0.25, -0.2) is 9.18 Å². The Labute approximate surface area is 73.5 Å². The van der Waals surface area contributed by atoms with Crippen molar-refractivity contribution in [3.05, 3.63) is 12.2 Å². The third-order valence-electron chi connectivity index (χ3n) is 1.07. The van der Waals surface area contributed by atoms with Gasteiger partial charge in [0.2, 0.25) is 0 Å². The van der Waals surface area contributed by atoms with Crippen molar-refractivity contribution in [2.24, 2.45) is 0 Å². The molecule has 0 aliphatic carbocycles. The van der Waals surface area contributed by atoms with E-state index in [1.807, 2.05) is 0 Å². The van der Waals surface area contributed by atoms with Gasteiger partial charge in [-0.1, -0.05) is 6.58 Å². The molecule has 0 amide bonds. The predicted molar refractivity (Wildman–Crippen MR) is 44.2 cm³/mol. The highest BCUT2D eigenvalue weighted by Gasteiger charge is 2.37. The molecular weight excluding hydrogens is 215 g/mol. The lowest BCUT2D eigenvalue weighted by Crippen LogP contribution is -2.29. The number of hydrogen-bond acceptors (Lipinski definition) is 2. The summed E-state index contributed by atoms with van der Waals surface area (Å²) in [4.78, 5) is 10.8. The minimum Gasteiger partial charge on any atom is -0.463 e. The Morgan fingerprint density at radius 3 is 2.55 bits per heavy atom. The molecule has 0 aromatic carbocycles. The normalized spacial score (nSPS) is 15.3. The monoisotopic (exact) mass is 224 g/mol. The van der Waals surface area contributed by atoms with Gasteiger partial charge in [-0.2, -0.15) is 0 Å². The van der Waals surface area contributed by atoms with Crippen LogP contribution in [0.4, 0.5) is 4.39 Å². The van der Waals surface area contributed by atoms with Crippen LogP contribution in [-0.2, 0) is 9.53 Å². The zero-order valence-electron chi connectivity index (χ0n) is 6.49. The van der Waals surface area contributed by atoms with Gasteiger partial charge >= 0.3 is 5.97 Å². The smallest absolute Gasteiger partial charge is 0.359 e. The average Bonchev–Trinajstić information content (AvgIpc) is 1.88. The van der Waals surface area contributed by atoms with E-state index in [0.29, 0.717) is 0 Å². The van der Waals surface area contributed by atoms with Crippen LogP contribution in [0.2, 0.25) is 0 Å². The van der Waals surface area contributed by atoms with Crippen LogP contribution in [0.3, 0.4) is 0 Å². The average molecular weight is 225 g/mol. The van der Waals surface area contributed by atoms with Crippen molar-refractivity contribution < 1.29 is 13.9 Å². The molecular formula is C7H10BrFO2. The molecule has 0 heterocycles. The summed E-state index contributed by atoms with van der Waals surface area (Å²) in [6.45, 7) is 6.48. The highest BCUT2D eigenvalue weighted by atomic mass is 79.9. The highest BCUT2D eigenvalue weighted by Crippen LogP contribution is 2.29. The van der Waals surface area contributed by atoms with Crippen LogP contribution < -0.4 is 0 Å². The first kappa shape index (κ1) is 10.6. The summed E-state index contributed by atoms with van der Waals surface area (Å²) in [5.74, 6) is -0.951. The van der Waals surface area contributed by atoms with Gasteiger partial charge in [-0.15, -0.1) is 0 Å². The summed E-state index contributed by atoms with van der Waals surface area (Å²) in [5.41, 5.74) is 0.0796. The van der Waals surface area contributed by atoms with E-state index in [4.69, 9.17) is 0 Å². The Morgan fingerprint density at radius 1 is 1.82 bits per heavy atom. The largest absolute Gasteiger partial charge is 0.463 e. The molecule has 0 radical (unpaired) electrons. The second-order valence-electron chi connectivity index (χ2n) is 2.08. The third-order valence-corrected chi connectivity index (χ3v) is 2.07. The SMILES string of the molecule is C=C(C)C(F)(Br)C(=O)OCC. The first-order valence-electron chi connectivity index (χ1n) is 3.14. The number of rotatable bonds is 3. The first-order chi connectivity index (χ1) is 4.92. The van der Waals surface area contributed by atoms with Crippen molar-refractivity contribution in [2.45, 2.75) is 18.4 Å². The molecule has 1 atom stereocenters. The molecule has 0 aliphatic rings. The Balaban J connectivity index is 4.30. The van der Waals surface area contributed by atoms with Gasteiger partial charge in [-0.05, 0) is 35.4 Å². The maximum atomic E-state index is 13.1. The number of halogens is 2. The van der Waals surface area contributed by atoms with Crippen LogP contribution in [-0.4, -0.2) is 17.2 Å². The van der Waals surface area contributed by atoms with Gasteiger partial charge in [0.25, 0.3) is 4.58 Å². The van der Waals surface area contributed by atoms with E-state index >= 15 is 0 Å². The highest BCUT2D eigenvalue weighted by molar-refractivity contribution is 9.10. The molecule has 0 fully saturated rings. The third kappa shape index (κ3) is 2.61. The van der Waals surface area contributed by atoms with Gasteiger partial charge in [0, 0.05) is 0 Å². The Kier molecular flexibility index (Phi) is 3.72. The first-order valence-corrected chi connectivity index (χ1v) is 3.93. The quantitative estimate of drug-likeness (QED) is 0.418. The van der Waals surface area contributed by atoms with E-state index in [1.54, 1.807) is 6.92 Å². The molecule has 0 N–H and O–H groups in total. The van der Waals surface area contributed by atoms with Gasteiger partial charge in [0.15, 0.2) is 0 Å². The number of carbonyl (C=O) groups is 1. The second kappa shape index (κ2) is 3.85. The summed E-state index contributed by atoms with van der Waals surface area (Å²) < 4.78 is 15.3. The standard InChI is InChI=1S/C7H10BrFO2/c1-4-11-6(10)7(8,9)5(2)3/h2,4H2,1,3H3. The summed E-state index contributed by atoms with van der Waals surface area (Å²) in [7, 11) is 0. The van der Waals surface area contributed by atoms with Gasteiger partial charge in [-0.3, -0.25) is 0 Å². The molecule has 0 rings (SSSR count). The van der Waals surface area contributed by atoms with Crippen molar-refractivity contribution in [2.75, 3.05) is 6.61 Å². The van der Waals surface area contributed by atoms with Crippen molar-refractivity contribution in [1.82, 2.24) is 0 Å². The lowest BCUT2D eigenvalue weighted by molar-refractivity contribution is -0.148. The molecule has 0 aromatic heterocycles. The summed E-state index contributed by atoms with van der Waals surface area (Å²) in [5, 5.41) is 0. The fraction of sp³-hybridized carbons (Fsp3) is 0.571. The van der Waals surface area contributed by atoms with Gasteiger partial charge in [0.1, 0.15) is 0 Å². The van der Waals surface area contributed by atoms with Crippen LogP contribution in [0, 0.1) is 0 Å². The van der Waals surface area contributed by atoms with Crippen molar-refractivity contribution in [3.8, 4) is 0 Å². The predicted octanol–water partition coefficient (Wildman–Crippen LogP) is 2.19. The molecule has 4 heteroatoms. The maximum absolute atomic E-state index is 13.1. The summed E-state index contributed by atoms with van der Waals surface area (Å²) >= 11 is 2.57. The van der Waals surface area contributed by atoms with Gasteiger partial charge < -0.3 is 4.74 Å². The van der Waals surface area contributed by atoms with Crippen LogP contribution in [0.25, 0.3) is 0 Å². The minimum absolute atomic E-state index is 0.0796. The van der Waals surface area contributed by atoms with Crippen molar-refractivity contribution in [3.63, 3.8) is 0 Å². The Bertz CT molecular complexity index is 177. The second-order valence-corrected chi connectivity index (χ2v) is 3.17. The molecule has 0 saturated carbocycles. The molecule has 0 bridgehead atoms. The number of alkyl halides is 2. The minimum atomic E-state index is -2.23.